The van der Waals surface area contributed by atoms with E-state index in [2.05, 4.69) is 30.0 Å². The average molecular weight is 351 g/mol. The van der Waals surface area contributed by atoms with Crippen LogP contribution in [0.4, 0.5) is 26.1 Å². The van der Waals surface area contributed by atoms with Gasteiger partial charge in [-0.2, -0.15) is 32.2 Å². The van der Waals surface area contributed by atoms with Gasteiger partial charge in [0.25, 0.3) is 10.1 Å². The van der Waals surface area contributed by atoms with E-state index < -0.39 is 33.1 Å². The summed E-state index contributed by atoms with van der Waals surface area (Å²) in [5.41, 5.74) is -0.200. The van der Waals surface area contributed by atoms with Gasteiger partial charge in [-0.05, 0) is 18.2 Å². The van der Waals surface area contributed by atoms with Crippen LogP contribution in [-0.2, 0) is 10.1 Å². The molecule has 0 amide bonds. The van der Waals surface area contributed by atoms with Crippen LogP contribution in [-0.4, -0.2) is 27.9 Å². The molecule has 1 aromatic carbocycles. The van der Waals surface area contributed by atoms with Crippen molar-refractivity contribution in [2.75, 3.05) is 5.32 Å². The lowest BCUT2D eigenvalue weighted by Gasteiger charge is -2.07. The summed E-state index contributed by atoms with van der Waals surface area (Å²) in [6.45, 7) is 0. The van der Waals surface area contributed by atoms with Gasteiger partial charge in [0.1, 0.15) is 10.6 Å². The predicted molar refractivity (Wildman–Crippen MR) is 69.7 cm³/mol. The maximum atomic E-state index is 12.8. The SMILES string of the molecule is O=S(=O)(O)c1ccc(Nc2nc(F)nc(F)n2)cc1N=NCl. The van der Waals surface area contributed by atoms with Gasteiger partial charge in [0.2, 0.25) is 5.95 Å². The van der Waals surface area contributed by atoms with Gasteiger partial charge in [0, 0.05) is 5.69 Å². The molecule has 0 bridgehead atoms. The summed E-state index contributed by atoms with van der Waals surface area (Å²) < 4.78 is 59.9. The molecule has 0 aliphatic heterocycles. The van der Waals surface area contributed by atoms with Crippen molar-refractivity contribution in [3.05, 3.63) is 30.4 Å². The lowest BCUT2D eigenvalue weighted by Crippen LogP contribution is -2.04. The van der Waals surface area contributed by atoms with Crippen molar-refractivity contribution in [2.24, 2.45) is 9.75 Å². The Morgan fingerprint density at radius 3 is 2.36 bits per heavy atom. The first-order valence-electron chi connectivity index (χ1n) is 5.27. The number of nitrogens with zero attached hydrogens (tertiary/aromatic N) is 5. The van der Waals surface area contributed by atoms with Crippen molar-refractivity contribution in [2.45, 2.75) is 4.90 Å². The molecule has 1 heterocycles. The Morgan fingerprint density at radius 1 is 1.18 bits per heavy atom. The monoisotopic (exact) mass is 350 g/mol. The van der Waals surface area contributed by atoms with Gasteiger partial charge in [0.05, 0.1) is 11.8 Å². The van der Waals surface area contributed by atoms with Crippen LogP contribution in [0.5, 0.6) is 0 Å². The van der Waals surface area contributed by atoms with Crippen LogP contribution in [0.2, 0.25) is 0 Å². The van der Waals surface area contributed by atoms with E-state index in [4.69, 9.17) is 16.3 Å². The maximum absolute atomic E-state index is 12.8. The van der Waals surface area contributed by atoms with Crippen molar-refractivity contribution < 1.29 is 21.8 Å². The average Bonchev–Trinajstić information content (AvgIpc) is 2.36. The molecule has 1 aromatic heterocycles. The molecule has 2 aromatic rings. The van der Waals surface area contributed by atoms with Crippen molar-refractivity contribution >= 4 is 39.2 Å². The Hall–Kier alpha value is -2.31. The number of anilines is 2. The summed E-state index contributed by atoms with van der Waals surface area (Å²) in [7, 11) is -4.56. The summed E-state index contributed by atoms with van der Waals surface area (Å²) in [4.78, 5) is 8.53. The lowest BCUT2D eigenvalue weighted by molar-refractivity contribution is 0.458. The molecule has 0 unspecified atom stereocenters. The van der Waals surface area contributed by atoms with Crippen molar-refractivity contribution in [1.82, 2.24) is 15.0 Å². The first-order chi connectivity index (χ1) is 10.3. The molecule has 0 fully saturated rings. The van der Waals surface area contributed by atoms with E-state index in [0.717, 1.165) is 12.1 Å². The molecule has 13 heteroatoms. The minimum atomic E-state index is -4.56. The summed E-state index contributed by atoms with van der Waals surface area (Å²) in [5.74, 6) is -0.460. The molecule has 22 heavy (non-hydrogen) atoms. The van der Waals surface area contributed by atoms with Gasteiger partial charge in [-0.15, -0.1) is 5.11 Å². The molecule has 0 radical (unpaired) electrons. The standard InChI is InChI=1S/C9H5ClF2N6O3S/c10-18-17-5-3-4(1-2-6(5)22(19,20)21)13-9-15-7(11)14-8(12)16-9/h1-3H,(H,19,20,21)(H,13,14,15,16). The maximum Gasteiger partial charge on any atom is 0.315 e. The lowest BCUT2D eigenvalue weighted by atomic mass is 10.3. The largest absolute Gasteiger partial charge is 0.324 e. The zero-order valence-corrected chi connectivity index (χ0v) is 11.8. The molecular formula is C9H5ClF2N6O3S. The topological polar surface area (TPSA) is 130 Å². The van der Waals surface area contributed by atoms with Crippen LogP contribution >= 0.6 is 11.8 Å². The third-order valence-electron chi connectivity index (χ3n) is 2.22. The first-order valence-corrected chi connectivity index (χ1v) is 7.05. The third kappa shape index (κ3) is 3.87. The van der Waals surface area contributed by atoms with E-state index in [1.54, 1.807) is 0 Å². The number of benzene rings is 1. The van der Waals surface area contributed by atoms with Gasteiger partial charge < -0.3 is 5.32 Å². The molecule has 116 valence electrons. The molecule has 0 saturated heterocycles. The Morgan fingerprint density at radius 2 is 1.82 bits per heavy atom. The van der Waals surface area contributed by atoms with Crippen molar-refractivity contribution in [3.8, 4) is 0 Å². The number of halogens is 3. The summed E-state index contributed by atoms with van der Waals surface area (Å²) >= 11 is 5.04. The number of aromatic nitrogens is 3. The molecule has 0 atom stereocenters. The van der Waals surface area contributed by atoms with Gasteiger partial charge in [-0.3, -0.25) is 4.55 Å². The van der Waals surface area contributed by atoms with E-state index in [0.29, 0.717) is 0 Å². The number of nitrogens with one attached hydrogen (secondary N) is 1. The smallest absolute Gasteiger partial charge is 0.315 e. The molecule has 2 rings (SSSR count). The van der Waals surface area contributed by atoms with Crippen LogP contribution in [0, 0.1) is 12.2 Å². The van der Waals surface area contributed by atoms with Crippen LogP contribution in [0.15, 0.2) is 32.8 Å². The predicted octanol–water partition coefficient (Wildman–Crippen LogP) is 2.38. The number of rotatable bonds is 4. The van der Waals surface area contributed by atoms with E-state index in [-0.39, 0.29) is 11.4 Å². The molecule has 2 N–H and O–H groups in total. The Bertz CT molecular complexity index is 827. The van der Waals surface area contributed by atoms with Gasteiger partial charge in [-0.25, -0.2) is 0 Å². The molecule has 0 aliphatic carbocycles. The molecule has 0 aliphatic rings. The van der Waals surface area contributed by atoms with Crippen LogP contribution in [0.25, 0.3) is 0 Å². The number of hydrogen-bond acceptors (Lipinski definition) is 8. The second kappa shape index (κ2) is 6.21. The minimum Gasteiger partial charge on any atom is -0.324 e. The fourth-order valence-corrected chi connectivity index (χ4v) is 2.13. The molecule has 0 spiro atoms. The highest BCUT2D eigenvalue weighted by Gasteiger charge is 2.16. The van der Waals surface area contributed by atoms with E-state index in [1.165, 1.54) is 6.07 Å². The highest BCUT2D eigenvalue weighted by molar-refractivity contribution is 7.86. The zero-order chi connectivity index (χ0) is 16.3. The van der Waals surface area contributed by atoms with Crippen LogP contribution in [0.3, 0.4) is 0 Å². The van der Waals surface area contributed by atoms with Gasteiger partial charge >= 0.3 is 12.2 Å². The molecule has 9 nitrogen and oxygen atoms in total. The Kier molecular flexibility index (Phi) is 4.54. The summed E-state index contributed by atoms with van der Waals surface area (Å²) in [6.07, 6.45) is -2.68. The van der Waals surface area contributed by atoms with Crippen molar-refractivity contribution in [3.63, 3.8) is 0 Å². The van der Waals surface area contributed by atoms with E-state index in [1.807, 2.05) is 0 Å². The minimum absolute atomic E-state index is 0.108. The van der Waals surface area contributed by atoms with Gasteiger partial charge in [-0.1, -0.05) is 4.63 Å². The van der Waals surface area contributed by atoms with E-state index in [9.17, 15) is 17.2 Å². The second-order valence-electron chi connectivity index (χ2n) is 3.66. The van der Waals surface area contributed by atoms with Crippen LogP contribution in [0.1, 0.15) is 0 Å². The summed E-state index contributed by atoms with van der Waals surface area (Å²) in [5, 5.41) is 5.72. The first kappa shape index (κ1) is 16.1. The fraction of sp³-hybridized carbons (Fsp3) is 0. The Labute approximate surface area is 127 Å². The highest BCUT2D eigenvalue weighted by atomic mass is 35.5. The second-order valence-corrected chi connectivity index (χ2v) is 5.20. The highest BCUT2D eigenvalue weighted by Crippen LogP contribution is 2.29. The quantitative estimate of drug-likeness (QED) is 0.639. The molecule has 0 saturated carbocycles. The van der Waals surface area contributed by atoms with Crippen LogP contribution < -0.4 is 5.32 Å². The van der Waals surface area contributed by atoms with Crippen molar-refractivity contribution in [1.29, 1.82) is 0 Å². The fourth-order valence-electron chi connectivity index (χ4n) is 1.44. The number of hydrogen-bond donors (Lipinski definition) is 2. The Balaban J connectivity index is 2.43. The normalized spacial score (nSPS) is 11.8. The van der Waals surface area contributed by atoms with E-state index >= 15 is 0 Å². The molecular weight excluding hydrogens is 346 g/mol. The zero-order valence-electron chi connectivity index (χ0n) is 10.3. The summed E-state index contributed by atoms with van der Waals surface area (Å²) in [6, 6.07) is 3.25. The third-order valence-corrected chi connectivity index (χ3v) is 3.20. The van der Waals surface area contributed by atoms with Gasteiger partial charge in [0.15, 0.2) is 0 Å².